The summed E-state index contributed by atoms with van der Waals surface area (Å²) in [4.78, 5) is 12.0. The average molecular weight is 416 g/mol. The molecule has 0 atom stereocenters. The topological polar surface area (TPSA) is 38.3 Å². The van der Waals surface area contributed by atoms with Crippen molar-refractivity contribution in [1.82, 2.24) is 0 Å². The van der Waals surface area contributed by atoms with Gasteiger partial charge in [-0.2, -0.15) is 0 Å². The summed E-state index contributed by atoms with van der Waals surface area (Å²) in [6.45, 7) is 3.82. The zero-order valence-electron chi connectivity index (χ0n) is 11.7. The van der Waals surface area contributed by atoms with Gasteiger partial charge in [0.15, 0.2) is 6.61 Å². The van der Waals surface area contributed by atoms with E-state index >= 15 is 0 Å². The van der Waals surface area contributed by atoms with Crippen molar-refractivity contribution in [2.24, 2.45) is 0 Å². The fourth-order valence-corrected chi connectivity index (χ4v) is 2.87. The second kappa shape index (κ2) is 7.13. The van der Waals surface area contributed by atoms with Gasteiger partial charge < -0.3 is 10.1 Å². The van der Waals surface area contributed by atoms with Crippen molar-refractivity contribution in [2.75, 3.05) is 11.9 Å². The van der Waals surface area contributed by atoms with Crippen molar-refractivity contribution in [3.63, 3.8) is 0 Å². The number of carbonyl (C=O) groups excluding carboxylic acids is 1. The van der Waals surface area contributed by atoms with Crippen LogP contribution < -0.4 is 10.1 Å². The highest BCUT2D eigenvalue weighted by molar-refractivity contribution is 14.1. The molecule has 0 saturated heterocycles. The molecule has 1 N–H and O–H groups in total. The van der Waals surface area contributed by atoms with Crippen LogP contribution in [0.3, 0.4) is 0 Å². The molecule has 2 aromatic rings. The first-order valence-corrected chi connectivity index (χ1v) is 7.87. The quantitative estimate of drug-likeness (QED) is 0.743. The number of ether oxygens (including phenoxy) is 1. The lowest BCUT2D eigenvalue weighted by Gasteiger charge is -2.12. The van der Waals surface area contributed by atoms with E-state index in [4.69, 9.17) is 16.3 Å². The molecule has 5 heteroatoms. The number of anilines is 1. The van der Waals surface area contributed by atoms with Gasteiger partial charge in [0.05, 0.1) is 14.3 Å². The van der Waals surface area contributed by atoms with Crippen molar-refractivity contribution >= 4 is 45.8 Å². The average Bonchev–Trinajstić information content (AvgIpc) is 2.42. The van der Waals surface area contributed by atoms with Crippen LogP contribution in [0.25, 0.3) is 0 Å². The van der Waals surface area contributed by atoms with E-state index in [0.29, 0.717) is 16.5 Å². The fraction of sp³-hybridized carbons (Fsp3) is 0.188. The van der Waals surface area contributed by atoms with Gasteiger partial charge in [0.25, 0.3) is 5.91 Å². The highest BCUT2D eigenvalue weighted by atomic mass is 127. The molecule has 0 bridgehead atoms. The summed E-state index contributed by atoms with van der Waals surface area (Å²) in [6, 6.07) is 11.3. The van der Waals surface area contributed by atoms with E-state index in [1.807, 2.05) is 50.2 Å². The lowest BCUT2D eigenvalue weighted by atomic mass is 10.1. The Kier molecular flexibility index (Phi) is 5.47. The molecule has 0 unspecified atom stereocenters. The molecule has 110 valence electrons. The molecule has 0 aliphatic carbocycles. The largest absolute Gasteiger partial charge is 0.483 e. The Balaban J connectivity index is 2.01. The highest BCUT2D eigenvalue weighted by Crippen LogP contribution is 2.27. The Morgan fingerprint density at radius 1 is 1.29 bits per heavy atom. The van der Waals surface area contributed by atoms with Crippen LogP contribution in [0.5, 0.6) is 5.75 Å². The number of hydrogen-bond acceptors (Lipinski definition) is 2. The van der Waals surface area contributed by atoms with Crippen LogP contribution in [0, 0.1) is 17.4 Å². The van der Waals surface area contributed by atoms with Crippen LogP contribution in [-0.2, 0) is 4.79 Å². The van der Waals surface area contributed by atoms with Crippen molar-refractivity contribution in [3.8, 4) is 5.75 Å². The Morgan fingerprint density at radius 2 is 2.00 bits per heavy atom. The van der Waals surface area contributed by atoms with Gasteiger partial charge in [-0.1, -0.05) is 29.8 Å². The number of rotatable bonds is 4. The minimum absolute atomic E-state index is 0.0519. The minimum Gasteiger partial charge on any atom is -0.483 e. The van der Waals surface area contributed by atoms with Crippen LogP contribution in [0.15, 0.2) is 36.4 Å². The SMILES string of the molecule is Cc1cc(C)c(NC(=O)COc2ccccc2I)c(Cl)c1. The van der Waals surface area contributed by atoms with Gasteiger partial charge in [0.2, 0.25) is 0 Å². The molecule has 2 rings (SSSR count). The van der Waals surface area contributed by atoms with Gasteiger partial charge in [-0.3, -0.25) is 4.79 Å². The van der Waals surface area contributed by atoms with E-state index in [2.05, 4.69) is 27.9 Å². The Bertz CT molecular complexity index is 650. The molecule has 2 aromatic carbocycles. The number of aryl methyl sites for hydroxylation is 2. The maximum Gasteiger partial charge on any atom is 0.262 e. The van der Waals surface area contributed by atoms with Crippen molar-refractivity contribution in [3.05, 3.63) is 56.1 Å². The summed E-state index contributed by atoms with van der Waals surface area (Å²) in [5, 5.41) is 3.33. The van der Waals surface area contributed by atoms with E-state index in [-0.39, 0.29) is 12.5 Å². The fourth-order valence-electron chi connectivity index (χ4n) is 1.95. The highest BCUT2D eigenvalue weighted by Gasteiger charge is 2.10. The summed E-state index contributed by atoms with van der Waals surface area (Å²) in [5.41, 5.74) is 2.63. The summed E-state index contributed by atoms with van der Waals surface area (Å²) >= 11 is 8.33. The number of nitrogens with one attached hydrogen (secondary N) is 1. The summed E-state index contributed by atoms with van der Waals surface area (Å²) in [7, 11) is 0. The molecule has 0 saturated carbocycles. The molecule has 0 aromatic heterocycles. The third-order valence-electron chi connectivity index (χ3n) is 2.89. The second-order valence-electron chi connectivity index (χ2n) is 4.71. The van der Waals surface area contributed by atoms with Crippen LogP contribution in [0.1, 0.15) is 11.1 Å². The number of amides is 1. The van der Waals surface area contributed by atoms with Gasteiger partial charge in [0, 0.05) is 0 Å². The van der Waals surface area contributed by atoms with Gasteiger partial charge >= 0.3 is 0 Å². The molecule has 0 heterocycles. The molecular formula is C16H15ClINO2. The summed E-state index contributed by atoms with van der Waals surface area (Å²) in [6.07, 6.45) is 0. The van der Waals surface area contributed by atoms with Gasteiger partial charge in [0.1, 0.15) is 5.75 Å². The maximum atomic E-state index is 12.0. The summed E-state index contributed by atoms with van der Waals surface area (Å²) in [5.74, 6) is 0.462. The molecule has 1 amide bonds. The minimum atomic E-state index is -0.233. The van der Waals surface area contributed by atoms with Crippen molar-refractivity contribution < 1.29 is 9.53 Å². The number of carbonyl (C=O) groups is 1. The number of benzene rings is 2. The summed E-state index contributed by atoms with van der Waals surface area (Å²) < 4.78 is 6.48. The van der Waals surface area contributed by atoms with Gasteiger partial charge in [-0.15, -0.1) is 0 Å². The first-order chi connectivity index (χ1) is 9.97. The first-order valence-electron chi connectivity index (χ1n) is 6.41. The molecule has 21 heavy (non-hydrogen) atoms. The lowest BCUT2D eigenvalue weighted by Crippen LogP contribution is -2.21. The van der Waals surface area contributed by atoms with Crippen LogP contribution in [-0.4, -0.2) is 12.5 Å². The smallest absolute Gasteiger partial charge is 0.262 e. The van der Waals surface area contributed by atoms with Gasteiger partial charge in [-0.25, -0.2) is 0 Å². The van der Waals surface area contributed by atoms with Crippen molar-refractivity contribution in [2.45, 2.75) is 13.8 Å². The molecule has 0 aliphatic rings. The van der Waals surface area contributed by atoms with E-state index in [9.17, 15) is 4.79 Å². The molecule has 3 nitrogen and oxygen atoms in total. The zero-order chi connectivity index (χ0) is 15.4. The Morgan fingerprint density at radius 3 is 2.67 bits per heavy atom. The monoisotopic (exact) mass is 415 g/mol. The standard InChI is InChI=1S/C16H15ClINO2/c1-10-7-11(2)16(12(17)8-10)19-15(20)9-21-14-6-4-3-5-13(14)18/h3-8H,9H2,1-2H3,(H,19,20). The van der Waals surface area contributed by atoms with Crippen LogP contribution in [0.2, 0.25) is 5.02 Å². The van der Waals surface area contributed by atoms with E-state index in [1.165, 1.54) is 0 Å². The van der Waals surface area contributed by atoms with E-state index in [0.717, 1.165) is 14.7 Å². The third kappa shape index (κ3) is 4.35. The third-order valence-corrected chi connectivity index (χ3v) is 4.08. The first kappa shape index (κ1) is 16.1. The predicted molar refractivity (Wildman–Crippen MR) is 94.2 cm³/mol. The Labute approximate surface area is 142 Å². The molecule has 0 radical (unpaired) electrons. The predicted octanol–water partition coefficient (Wildman–Crippen LogP) is 4.58. The second-order valence-corrected chi connectivity index (χ2v) is 6.28. The number of halogens is 2. The number of para-hydroxylation sites is 1. The van der Waals surface area contributed by atoms with E-state index in [1.54, 1.807) is 0 Å². The maximum absolute atomic E-state index is 12.0. The molecule has 0 spiro atoms. The normalized spacial score (nSPS) is 10.3. The van der Waals surface area contributed by atoms with Crippen LogP contribution in [0.4, 0.5) is 5.69 Å². The van der Waals surface area contributed by atoms with Gasteiger partial charge in [-0.05, 0) is 65.8 Å². The van der Waals surface area contributed by atoms with E-state index < -0.39 is 0 Å². The Hall–Kier alpha value is -1.27. The molecule has 0 aliphatic heterocycles. The van der Waals surface area contributed by atoms with Crippen LogP contribution >= 0.6 is 34.2 Å². The van der Waals surface area contributed by atoms with Crippen molar-refractivity contribution in [1.29, 1.82) is 0 Å². The zero-order valence-corrected chi connectivity index (χ0v) is 14.7. The molecular weight excluding hydrogens is 401 g/mol. The lowest BCUT2D eigenvalue weighted by molar-refractivity contribution is -0.118. The number of hydrogen-bond donors (Lipinski definition) is 1. The molecule has 0 fully saturated rings.